The fourth-order valence-corrected chi connectivity index (χ4v) is 2.37. The Balaban J connectivity index is 2.02. The normalized spacial score (nSPS) is 20.5. The predicted octanol–water partition coefficient (Wildman–Crippen LogP) is 2.41. The lowest BCUT2D eigenvalue weighted by Crippen LogP contribution is -2.35. The molecule has 1 fully saturated rings. The third-order valence-electron chi connectivity index (χ3n) is 3.31. The highest BCUT2D eigenvalue weighted by Gasteiger charge is 2.23. The summed E-state index contributed by atoms with van der Waals surface area (Å²) in [6.07, 6.45) is 4.52. The molecule has 5 heteroatoms. The minimum absolute atomic E-state index is 0.0835. The number of rotatable bonds is 6. The Hall–Kier alpha value is -0.940. The second-order valence-corrected chi connectivity index (χ2v) is 4.85. The SMILES string of the molecule is CCCC(CCC)c1nc(C2COCCN2)no1. The summed E-state index contributed by atoms with van der Waals surface area (Å²) >= 11 is 0. The van der Waals surface area contributed by atoms with Crippen molar-refractivity contribution in [2.45, 2.75) is 51.5 Å². The molecule has 0 spiro atoms. The minimum Gasteiger partial charge on any atom is -0.378 e. The predicted molar refractivity (Wildman–Crippen MR) is 68.4 cm³/mol. The topological polar surface area (TPSA) is 60.2 Å². The Labute approximate surface area is 108 Å². The molecule has 0 radical (unpaired) electrons. The molecule has 2 rings (SSSR count). The molecule has 1 aliphatic heterocycles. The zero-order valence-electron chi connectivity index (χ0n) is 11.3. The van der Waals surface area contributed by atoms with E-state index >= 15 is 0 Å². The van der Waals surface area contributed by atoms with Gasteiger partial charge in [-0.3, -0.25) is 0 Å². The van der Waals surface area contributed by atoms with Crippen molar-refractivity contribution >= 4 is 0 Å². The van der Waals surface area contributed by atoms with Crippen LogP contribution in [0.5, 0.6) is 0 Å². The number of aromatic nitrogens is 2. The molecule has 18 heavy (non-hydrogen) atoms. The van der Waals surface area contributed by atoms with E-state index in [0.717, 1.165) is 50.6 Å². The summed E-state index contributed by atoms with van der Waals surface area (Å²) in [5.74, 6) is 1.94. The second-order valence-electron chi connectivity index (χ2n) is 4.85. The van der Waals surface area contributed by atoms with Crippen molar-refractivity contribution in [3.05, 3.63) is 11.7 Å². The molecule has 0 aromatic carbocycles. The smallest absolute Gasteiger partial charge is 0.229 e. The summed E-state index contributed by atoms with van der Waals surface area (Å²) in [7, 11) is 0. The summed E-state index contributed by atoms with van der Waals surface area (Å²) in [6.45, 7) is 6.62. The standard InChI is InChI=1S/C13H23N3O2/c1-3-5-10(6-4-2)13-15-12(16-18-13)11-9-17-8-7-14-11/h10-11,14H,3-9H2,1-2H3. The molecule has 1 N–H and O–H groups in total. The third kappa shape index (κ3) is 3.29. The number of nitrogens with zero attached hydrogens (tertiary/aromatic N) is 2. The van der Waals surface area contributed by atoms with E-state index in [9.17, 15) is 0 Å². The molecule has 1 saturated heterocycles. The molecule has 1 aromatic heterocycles. The lowest BCUT2D eigenvalue weighted by molar-refractivity contribution is 0.0734. The fourth-order valence-electron chi connectivity index (χ4n) is 2.37. The van der Waals surface area contributed by atoms with Crippen LogP contribution in [-0.4, -0.2) is 29.9 Å². The summed E-state index contributed by atoms with van der Waals surface area (Å²) in [5, 5.41) is 7.44. The molecule has 5 nitrogen and oxygen atoms in total. The van der Waals surface area contributed by atoms with Gasteiger partial charge in [-0.05, 0) is 12.8 Å². The monoisotopic (exact) mass is 253 g/mol. The Morgan fingerprint density at radius 2 is 2.11 bits per heavy atom. The van der Waals surface area contributed by atoms with Crippen LogP contribution in [0.4, 0.5) is 0 Å². The summed E-state index contributed by atoms with van der Waals surface area (Å²) < 4.78 is 10.8. The Morgan fingerprint density at radius 3 is 2.72 bits per heavy atom. The lowest BCUT2D eigenvalue weighted by Gasteiger charge is -2.20. The summed E-state index contributed by atoms with van der Waals surface area (Å²) in [5.41, 5.74) is 0. The van der Waals surface area contributed by atoms with Crippen molar-refractivity contribution in [2.75, 3.05) is 19.8 Å². The first-order valence-corrected chi connectivity index (χ1v) is 6.99. The Bertz CT molecular complexity index is 342. The summed E-state index contributed by atoms with van der Waals surface area (Å²) in [6, 6.07) is 0.0835. The van der Waals surface area contributed by atoms with Crippen LogP contribution >= 0.6 is 0 Å². The highest BCUT2D eigenvalue weighted by molar-refractivity contribution is 4.99. The highest BCUT2D eigenvalue weighted by atomic mass is 16.5. The lowest BCUT2D eigenvalue weighted by atomic mass is 9.98. The number of nitrogens with one attached hydrogen (secondary N) is 1. The van der Waals surface area contributed by atoms with Crippen LogP contribution in [0, 0.1) is 0 Å². The Kier molecular flexibility index (Phi) is 5.13. The van der Waals surface area contributed by atoms with Crippen molar-refractivity contribution in [3.8, 4) is 0 Å². The first-order chi connectivity index (χ1) is 8.85. The zero-order valence-corrected chi connectivity index (χ0v) is 11.3. The quantitative estimate of drug-likeness (QED) is 0.843. The molecule has 102 valence electrons. The van der Waals surface area contributed by atoms with Crippen LogP contribution in [-0.2, 0) is 4.74 Å². The molecular formula is C13H23N3O2. The molecule has 0 saturated carbocycles. The zero-order chi connectivity index (χ0) is 12.8. The molecule has 0 bridgehead atoms. The van der Waals surface area contributed by atoms with Crippen LogP contribution in [0.1, 0.15) is 63.2 Å². The second kappa shape index (κ2) is 6.85. The van der Waals surface area contributed by atoms with E-state index in [1.807, 2.05) is 0 Å². The molecule has 1 unspecified atom stereocenters. The van der Waals surface area contributed by atoms with Crippen LogP contribution < -0.4 is 5.32 Å². The molecule has 1 aromatic rings. The van der Waals surface area contributed by atoms with Crippen LogP contribution in [0.2, 0.25) is 0 Å². The first kappa shape index (κ1) is 13.5. The Morgan fingerprint density at radius 1 is 1.33 bits per heavy atom. The maximum atomic E-state index is 5.43. The number of morpholine rings is 1. The molecule has 0 amide bonds. The largest absolute Gasteiger partial charge is 0.378 e. The molecule has 0 aliphatic carbocycles. The van der Waals surface area contributed by atoms with Gasteiger partial charge in [0.2, 0.25) is 5.89 Å². The van der Waals surface area contributed by atoms with E-state index in [4.69, 9.17) is 9.26 Å². The maximum absolute atomic E-state index is 5.43. The maximum Gasteiger partial charge on any atom is 0.229 e. The van der Waals surface area contributed by atoms with Gasteiger partial charge < -0.3 is 14.6 Å². The molecule has 1 aliphatic rings. The van der Waals surface area contributed by atoms with Gasteiger partial charge >= 0.3 is 0 Å². The minimum atomic E-state index is 0.0835. The van der Waals surface area contributed by atoms with Gasteiger partial charge in [-0.2, -0.15) is 4.98 Å². The number of hydrogen-bond donors (Lipinski definition) is 1. The van der Waals surface area contributed by atoms with Gasteiger partial charge in [0.15, 0.2) is 5.82 Å². The van der Waals surface area contributed by atoms with E-state index < -0.39 is 0 Å². The van der Waals surface area contributed by atoms with Crippen molar-refractivity contribution in [3.63, 3.8) is 0 Å². The average Bonchev–Trinajstić information content (AvgIpc) is 2.89. The summed E-state index contributed by atoms with van der Waals surface area (Å²) in [4.78, 5) is 4.55. The van der Waals surface area contributed by atoms with Gasteiger partial charge in [0.1, 0.15) is 0 Å². The van der Waals surface area contributed by atoms with Gasteiger partial charge in [-0.15, -0.1) is 0 Å². The fraction of sp³-hybridized carbons (Fsp3) is 0.846. The van der Waals surface area contributed by atoms with E-state index in [1.54, 1.807) is 0 Å². The highest BCUT2D eigenvalue weighted by Crippen LogP contribution is 2.26. The van der Waals surface area contributed by atoms with Gasteiger partial charge in [0, 0.05) is 12.5 Å². The van der Waals surface area contributed by atoms with E-state index in [0.29, 0.717) is 12.5 Å². The van der Waals surface area contributed by atoms with Crippen LogP contribution in [0.25, 0.3) is 0 Å². The average molecular weight is 253 g/mol. The van der Waals surface area contributed by atoms with Crippen molar-refractivity contribution in [1.29, 1.82) is 0 Å². The van der Waals surface area contributed by atoms with E-state index in [-0.39, 0.29) is 6.04 Å². The van der Waals surface area contributed by atoms with Crippen LogP contribution in [0.15, 0.2) is 4.52 Å². The van der Waals surface area contributed by atoms with Gasteiger partial charge in [-0.25, -0.2) is 0 Å². The van der Waals surface area contributed by atoms with Gasteiger partial charge in [0.05, 0.1) is 19.3 Å². The molecular weight excluding hydrogens is 230 g/mol. The molecule has 2 heterocycles. The van der Waals surface area contributed by atoms with Crippen molar-refractivity contribution in [2.24, 2.45) is 0 Å². The number of hydrogen-bond acceptors (Lipinski definition) is 5. The van der Waals surface area contributed by atoms with E-state index in [1.165, 1.54) is 0 Å². The number of ether oxygens (including phenoxy) is 1. The van der Waals surface area contributed by atoms with Crippen molar-refractivity contribution in [1.82, 2.24) is 15.5 Å². The van der Waals surface area contributed by atoms with Crippen LogP contribution in [0.3, 0.4) is 0 Å². The van der Waals surface area contributed by atoms with Gasteiger partial charge in [-0.1, -0.05) is 31.8 Å². The van der Waals surface area contributed by atoms with E-state index in [2.05, 4.69) is 29.3 Å². The van der Waals surface area contributed by atoms with Gasteiger partial charge in [0.25, 0.3) is 0 Å². The first-order valence-electron chi connectivity index (χ1n) is 6.99. The molecule has 1 atom stereocenters. The van der Waals surface area contributed by atoms with Crippen molar-refractivity contribution < 1.29 is 9.26 Å². The third-order valence-corrected chi connectivity index (χ3v) is 3.31.